The van der Waals surface area contributed by atoms with E-state index in [0.29, 0.717) is 12.5 Å². The van der Waals surface area contributed by atoms with Crippen molar-refractivity contribution in [3.8, 4) is 0 Å². The second kappa shape index (κ2) is 6.37. The van der Waals surface area contributed by atoms with Gasteiger partial charge in [0.15, 0.2) is 5.82 Å². The summed E-state index contributed by atoms with van der Waals surface area (Å²) in [7, 11) is 2.01. The summed E-state index contributed by atoms with van der Waals surface area (Å²) < 4.78 is 3.92. The molecule has 1 aliphatic carbocycles. The van der Waals surface area contributed by atoms with Crippen molar-refractivity contribution in [3.05, 3.63) is 30.1 Å². The van der Waals surface area contributed by atoms with Crippen LogP contribution in [0.2, 0.25) is 0 Å². The lowest BCUT2D eigenvalue weighted by molar-refractivity contribution is -0.139. The topological polar surface area (TPSA) is 68.8 Å². The number of nitrogens with zero attached hydrogens (tertiary/aromatic N) is 6. The van der Waals surface area contributed by atoms with Crippen molar-refractivity contribution < 1.29 is 4.79 Å². The second-order valence-corrected chi connectivity index (χ2v) is 6.99. The van der Waals surface area contributed by atoms with Crippen LogP contribution in [0.1, 0.15) is 49.7 Å². The first-order valence-electron chi connectivity index (χ1n) is 8.87. The van der Waals surface area contributed by atoms with Gasteiger partial charge in [0.25, 0.3) is 0 Å². The molecule has 7 nitrogen and oxygen atoms in total. The van der Waals surface area contributed by atoms with Crippen LogP contribution < -0.4 is 0 Å². The van der Waals surface area contributed by atoms with Crippen LogP contribution in [0.4, 0.5) is 0 Å². The third-order valence-corrected chi connectivity index (χ3v) is 5.41. The fraction of sp³-hybridized carbons (Fsp3) is 0.647. The minimum absolute atomic E-state index is 0.277. The van der Waals surface area contributed by atoms with E-state index >= 15 is 0 Å². The largest absolute Gasteiger partial charge is 0.342 e. The van der Waals surface area contributed by atoms with Gasteiger partial charge < -0.3 is 9.47 Å². The van der Waals surface area contributed by atoms with E-state index in [1.165, 1.54) is 6.42 Å². The summed E-state index contributed by atoms with van der Waals surface area (Å²) in [5.41, 5.74) is 0. The molecule has 1 amide bonds. The summed E-state index contributed by atoms with van der Waals surface area (Å²) in [6.07, 6.45) is 9.15. The lowest BCUT2D eigenvalue weighted by Crippen LogP contribution is -2.44. The summed E-state index contributed by atoms with van der Waals surface area (Å²) in [6.45, 7) is 2.29. The lowest BCUT2D eigenvalue weighted by Gasteiger charge is -2.36. The Morgan fingerprint density at radius 2 is 2.12 bits per heavy atom. The minimum Gasteiger partial charge on any atom is -0.342 e. The predicted octanol–water partition coefficient (Wildman–Crippen LogP) is 1.57. The van der Waals surface area contributed by atoms with Crippen molar-refractivity contribution in [2.75, 3.05) is 13.1 Å². The first-order chi connectivity index (χ1) is 11.7. The van der Waals surface area contributed by atoms with Gasteiger partial charge in [-0.1, -0.05) is 6.42 Å². The number of hydrogen-bond acceptors (Lipinski definition) is 4. The van der Waals surface area contributed by atoms with Crippen molar-refractivity contribution in [2.24, 2.45) is 13.0 Å². The van der Waals surface area contributed by atoms with Crippen molar-refractivity contribution in [3.63, 3.8) is 0 Å². The SMILES string of the molecule is Cn1c(Cn2cccn2)nnc1[C@H]1CCCN(C(=O)C2CCC2)C1. The number of amides is 1. The van der Waals surface area contributed by atoms with E-state index in [-0.39, 0.29) is 11.8 Å². The molecule has 128 valence electrons. The molecule has 7 heteroatoms. The molecule has 0 radical (unpaired) electrons. The van der Waals surface area contributed by atoms with Gasteiger partial charge in [0, 0.05) is 44.4 Å². The molecular formula is C17H24N6O. The highest BCUT2D eigenvalue weighted by Gasteiger charge is 2.33. The van der Waals surface area contributed by atoms with Gasteiger partial charge in [0.2, 0.25) is 5.91 Å². The maximum absolute atomic E-state index is 12.5. The molecule has 0 aromatic carbocycles. The van der Waals surface area contributed by atoms with Crippen LogP contribution in [0.5, 0.6) is 0 Å². The standard InChI is InChI=1S/C17H24N6O/c1-21-15(12-23-10-4-8-18-23)19-20-16(21)14-7-3-9-22(11-14)17(24)13-5-2-6-13/h4,8,10,13-14H,2-3,5-7,9,11-12H2,1H3/t14-/m0/s1. The molecule has 24 heavy (non-hydrogen) atoms. The van der Waals surface area contributed by atoms with Gasteiger partial charge in [-0.05, 0) is 31.7 Å². The number of likely N-dealkylation sites (tertiary alicyclic amines) is 1. The van der Waals surface area contributed by atoms with E-state index < -0.39 is 0 Å². The van der Waals surface area contributed by atoms with Crippen LogP contribution in [0.3, 0.4) is 0 Å². The van der Waals surface area contributed by atoms with E-state index in [0.717, 1.165) is 50.4 Å². The van der Waals surface area contributed by atoms with E-state index in [1.54, 1.807) is 6.20 Å². The number of carbonyl (C=O) groups is 1. The van der Waals surface area contributed by atoms with Crippen LogP contribution >= 0.6 is 0 Å². The number of aromatic nitrogens is 5. The molecule has 1 saturated carbocycles. The van der Waals surface area contributed by atoms with Crippen molar-refractivity contribution in [1.29, 1.82) is 0 Å². The molecular weight excluding hydrogens is 304 g/mol. The maximum atomic E-state index is 12.5. The molecule has 2 aliphatic rings. The molecule has 2 aromatic rings. The van der Waals surface area contributed by atoms with Gasteiger partial charge in [0.1, 0.15) is 12.4 Å². The summed E-state index contributed by atoms with van der Waals surface area (Å²) in [4.78, 5) is 14.6. The van der Waals surface area contributed by atoms with E-state index in [9.17, 15) is 4.79 Å². The fourth-order valence-electron chi connectivity index (χ4n) is 3.71. The zero-order valence-corrected chi connectivity index (χ0v) is 14.1. The number of hydrogen-bond donors (Lipinski definition) is 0. The van der Waals surface area contributed by atoms with Crippen LogP contribution in [-0.2, 0) is 18.4 Å². The average molecular weight is 328 g/mol. The van der Waals surface area contributed by atoms with Gasteiger partial charge in [0.05, 0.1) is 0 Å². The Labute approximate surface area is 141 Å². The number of piperidine rings is 1. The van der Waals surface area contributed by atoms with E-state index in [1.807, 2.05) is 24.0 Å². The number of rotatable bonds is 4. The average Bonchev–Trinajstić information content (AvgIpc) is 3.17. The third-order valence-electron chi connectivity index (χ3n) is 5.41. The zero-order valence-electron chi connectivity index (χ0n) is 14.1. The number of carbonyl (C=O) groups excluding carboxylic acids is 1. The Hall–Kier alpha value is -2.18. The smallest absolute Gasteiger partial charge is 0.225 e. The molecule has 4 rings (SSSR count). The quantitative estimate of drug-likeness (QED) is 0.854. The minimum atomic E-state index is 0.277. The Morgan fingerprint density at radius 3 is 2.83 bits per heavy atom. The highest BCUT2D eigenvalue weighted by atomic mass is 16.2. The van der Waals surface area contributed by atoms with Gasteiger partial charge in [-0.3, -0.25) is 9.48 Å². The van der Waals surface area contributed by atoms with Crippen LogP contribution in [0.25, 0.3) is 0 Å². The van der Waals surface area contributed by atoms with E-state index in [2.05, 4.69) is 24.8 Å². The second-order valence-electron chi connectivity index (χ2n) is 6.99. The van der Waals surface area contributed by atoms with Crippen molar-refractivity contribution in [1.82, 2.24) is 29.4 Å². The summed E-state index contributed by atoms with van der Waals surface area (Å²) in [5, 5.41) is 13.0. The Kier molecular flexibility index (Phi) is 4.08. The van der Waals surface area contributed by atoms with Gasteiger partial charge in [-0.25, -0.2) is 0 Å². The maximum Gasteiger partial charge on any atom is 0.225 e. The molecule has 0 bridgehead atoms. The molecule has 1 aliphatic heterocycles. The monoisotopic (exact) mass is 328 g/mol. The molecule has 3 heterocycles. The molecule has 2 fully saturated rings. The summed E-state index contributed by atoms with van der Waals surface area (Å²) in [6, 6.07) is 1.91. The molecule has 0 spiro atoms. The Morgan fingerprint density at radius 1 is 1.25 bits per heavy atom. The molecule has 1 atom stereocenters. The normalized spacial score (nSPS) is 21.7. The van der Waals surface area contributed by atoms with Gasteiger partial charge >= 0.3 is 0 Å². The Bertz CT molecular complexity index is 703. The van der Waals surface area contributed by atoms with Crippen molar-refractivity contribution >= 4 is 5.91 Å². The third kappa shape index (κ3) is 2.83. The first kappa shape index (κ1) is 15.4. The van der Waals surface area contributed by atoms with Gasteiger partial charge in [-0.2, -0.15) is 5.10 Å². The predicted molar refractivity (Wildman–Crippen MR) is 88.2 cm³/mol. The molecule has 1 saturated heterocycles. The summed E-state index contributed by atoms with van der Waals surface area (Å²) >= 11 is 0. The van der Waals surface area contributed by atoms with Crippen LogP contribution in [0.15, 0.2) is 18.5 Å². The molecule has 0 N–H and O–H groups in total. The molecule has 0 unspecified atom stereocenters. The highest BCUT2D eigenvalue weighted by Crippen LogP contribution is 2.32. The Balaban J connectivity index is 1.47. The molecule has 2 aromatic heterocycles. The van der Waals surface area contributed by atoms with E-state index in [4.69, 9.17) is 0 Å². The summed E-state index contributed by atoms with van der Waals surface area (Å²) in [5.74, 6) is 2.80. The van der Waals surface area contributed by atoms with Gasteiger partial charge in [-0.15, -0.1) is 10.2 Å². The lowest BCUT2D eigenvalue weighted by atomic mass is 9.83. The van der Waals surface area contributed by atoms with Crippen molar-refractivity contribution in [2.45, 2.75) is 44.6 Å². The zero-order chi connectivity index (χ0) is 16.5. The van der Waals surface area contributed by atoms with Crippen LogP contribution in [0, 0.1) is 5.92 Å². The highest BCUT2D eigenvalue weighted by molar-refractivity contribution is 5.79. The first-order valence-corrected chi connectivity index (χ1v) is 8.87. The van der Waals surface area contributed by atoms with Crippen LogP contribution in [-0.4, -0.2) is 48.4 Å². The fourth-order valence-corrected chi connectivity index (χ4v) is 3.71.